The zero-order valence-electron chi connectivity index (χ0n) is 11.0. The lowest BCUT2D eigenvalue weighted by molar-refractivity contribution is -0.0280. The molecule has 1 amide bonds. The highest BCUT2D eigenvalue weighted by Crippen LogP contribution is 2.47. The van der Waals surface area contributed by atoms with Crippen LogP contribution in [0.1, 0.15) is 31.2 Å². The Kier molecular flexibility index (Phi) is 4.67. The molecule has 1 aromatic rings. The highest BCUT2D eigenvalue weighted by atomic mass is 127. The second kappa shape index (κ2) is 6.09. The topological polar surface area (TPSA) is 49.8 Å². The molecular weight excluding hydrogens is 357 g/mol. The van der Waals surface area contributed by atoms with Gasteiger partial charge < -0.3 is 9.84 Å². The Morgan fingerprint density at radius 3 is 2.79 bits per heavy atom. The Labute approximate surface area is 126 Å². The third-order valence-electron chi connectivity index (χ3n) is 3.57. The van der Waals surface area contributed by atoms with Gasteiger partial charge in [-0.3, -0.25) is 4.90 Å². The maximum atomic E-state index is 11.4. The van der Waals surface area contributed by atoms with Gasteiger partial charge in [-0.15, -0.1) is 0 Å². The second-order valence-corrected chi connectivity index (χ2v) is 5.88. The zero-order valence-corrected chi connectivity index (χ0v) is 13.2. The zero-order chi connectivity index (χ0) is 14.0. The monoisotopic (exact) mass is 375 g/mol. The molecule has 4 nitrogen and oxygen atoms in total. The summed E-state index contributed by atoms with van der Waals surface area (Å²) in [4.78, 5) is 12.9. The van der Waals surface area contributed by atoms with E-state index in [1.54, 1.807) is 7.11 Å². The minimum Gasteiger partial charge on any atom is -0.465 e. The average molecular weight is 375 g/mol. The van der Waals surface area contributed by atoms with E-state index < -0.39 is 6.09 Å². The molecule has 1 aliphatic carbocycles. The van der Waals surface area contributed by atoms with Crippen molar-refractivity contribution < 1.29 is 14.6 Å². The number of amides is 1. The Morgan fingerprint density at radius 2 is 2.26 bits per heavy atom. The van der Waals surface area contributed by atoms with Crippen molar-refractivity contribution in [1.29, 1.82) is 0 Å². The number of halogens is 1. The number of carboxylic acid groups (broad SMARTS) is 1. The fourth-order valence-corrected chi connectivity index (χ4v) is 3.34. The number of carbonyl (C=O) groups is 1. The van der Waals surface area contributed by atoms with E-state index in [-0.39, 0.29) is 12.3 Å². The van der Waals surface area contributed by atoms with Crippen LogP contribution in [0, 0.1) is 3.57 Å². The number of methoxy groups -OCH3 is 1. The van der Waals surface area contributed by atoms with E-state index in [9.17, 15) is 9.90 Å². The minimum atomic E-state index is -0.896. The van der Waals surface area contributed by atoms with E-state index in [0.29, 0.717) is 12.3 Å². The van der Waals surface area contributed by atoms with Crippen molar-refractivity contribution in [2.45, 2.75) is 38.0 Å². The number of hydrogen-bond donors (Lipinski definition) is 1. The lowest BCUT2D eigenvalue weighted by Gasteiger charge is -2.27. The molecule has 0 saturated heterocycles. The summed E-state index contributed by atoms with van der Waals surface area (Å²) in [7, 11) is 1.56. The van der Waals surface area contributed by atoms with E-state index in [1.165, 1.54) is 14.0 Å². The van der Waals surface area contributed by atoms with Crippen molar-refractivity contribution in [2.24, 2.45) is 0 Å². The highest BCUT2D eigenvalue weighted by Gasteiger charge is 2.47. The van der Waals surface area contributed by atoms with E-state index in [0.717, 1.165) is 6.42 Å². The standard InChI is InChI=1S/C14H18INO3/c1-3-13(19-2)16(14(17)18)12-8-10(12)9-6-4-5-7-11(9)15/h4-7,10,12-13H,3,8H2,1-2H3,(H,17,18)/t10-,12-,13?/m0/s1. The molecule has 0 spiro atoms. The van der Waals surface area contributed by atoms with Crippen LogP contribution >= 0.6 is 22.6 Å². The second-order valence-electron chi connectivity index (χ2n) is 4.72. The third kappa shape index (κ3) is 3.02. The Morgan fingerprint density at radius 1 is 1.58 bits per heavy atom. The number of rotatable bonds is 5. The largest absolute Gasteiger partial charge is 0.465 e. The minimum absolute atomic E-state index is 0.0401. The van der Waals surface area contributed by atoms with Crippen molar-refractivity contribution in [2.75, 3.05) is 7.11 Å². The van der Waals surface area contributed by atoms with Crippen LogP contribution in [0.4, 0.5) is 4.79 Å². The van der Waals surface area contributed by atoms with Crippen LogP contribution in [0.5, 0.6) is 0 Å². The first kappa shape index (κ1) is 14.6. The van der Waals surface area contributed by atoms with Gasteiger partial charge in [0.1, 0.15) is 6.23 Å². The summed E-state index contributed by atoms with van der Waals surface area (Å²) in [5.41, 5.74) is 1.24. The van der Waals surface area contributed by atoms with Crippen LogP contribution < -0.4 is 0 Å². The highest BCUT2D eigenvalue weighted by molar-refractivity contribution is 14.1. The van der Waals surface area contributed by atoms with Crippen LogP contribution in [0.15, 0.2) is 24.3 Å². The van der Waals surface area contributed by atoms with Gasteiger partial charge in [0, 0.05) is 22.6 Å². The molecule has 1 saturated carbocycles. The van der Waals surface area contributed by atoms with Crippen LogP contribution in [-0.2, 0) is 4.74 Å². The van der Waals surface area contributed by atoms with Crippen LogP contribution in [0.25, 0.3) is 0 Å². The Bertz CT molecular complexity index is 462. The first-order chi connectivity index (χ1) is 9.10. The number of ether oxygens (including phenoxy) is 1. The summed E-state index contributed by atoms with van der Waals surface area (Å²) in [6.45, 7) is 1.94. The quantitative estimate of drug-likeness (QED) is 0.633. The first-order valence-electron chi connectivity index (χ1n) is 6.38. The summed E-state index contributed by atoms with van der Waals surface area (Å²) in [5.74, 6) is 0.299. The molecule has 0 heterocycles. The van der Waals surface area contributed by atoms with Crippen molar-refractivity contribution >= 4 is 28.7 Å². The molecule has 1 fully saturated rings. The summed E-state index contributed by atoms with van der Waals surface area (Å²) in [6, 6.07) is 8.19. The fourth-order valence-electron chi connectivity index (χ4n) is 2.55. The van der Waals surface area contributed by atoms with Gasteiger partial charge in [0.05, 0.1) is 0 Å². The molecule has 5 heteroatoms. The van der Waals surface area contributed by atoms with Gasteiger partial charge in [0.2, 0.25) is 0 Å². The predicted octanol–water partition coefficient (Wildman–Crippen LogP) is 3.51. The van der Waals surface area contributed by atoms with Crippen LogP contribution in [0.2, 0.25) is 0 Å². The van der Waals surface area contributed by atoms with E-state index in [4.69, 9.17) is 4.74 Å². The van der Waals surface area contributed by atoms with Crippen molar-refractivity contribution in [3.8, 4) is 0 Å². The molecule has 2 rings (SSSR count). The number of nitrogens with zero attached hydrogens (tertiary/aromatic N) is 1. The molecule has 3 atom stereocenters. The summed E-state index contributed by atoms with van der Waals surface area (Å²) < 4.78 is 6.48. The van der Waals surface area contributed by atoms with Gasteiger partial charge in [-0.25, -0.2) is 4.79 Å². The van der Waals surface area contributed by atoms with Gasteiger partial charge in [0.15, 0.2) is 0 Å². The molecule has 0 radical (unpaired) electrons. The molecule has 1 aliphatic rings. The summed E-state index contributed by atoms with van der Waals surface area (Å²) in [5, 5.41) is 9.39. The Balaban J connectivity index is 2.15. The SMILES string of the molecule is CCC(OC)N(C(=O)O)[C@H]1C[C@H]1c1ccccc1I. The molecule has 19 heavy (non-hydrogen) atoms. The lowest BCUT2D eigenvalue weighted by atomic mass is 10.1. The number of hydrogen-bond acceptors (Lipinski definition) is 2. The molecule has 0 aliphatic heterocycles. The van der Waals surface area contributed by atoms with E-state index in [2.05, 4.69) is 34.7 Å². The maximum Gasteiger partial charge on any atom is 0.409 e. The van der Waals surface area contributed by atoms with Gasteiger partial charge in [0.25, 0.3) is 0 Å². The van der Waals surface area contributed by atoms with Crippen molar-refractivity contribution in [3.63, 3.8) is 0 Å². The van der Waals surface area contributed by atoms with Gasteiger partial charge >= 0.3 is 6.09 Å². The third-order valence-corrected chi connectivity index (χ3v) is 4.55. The predicted molar refractivity (Wildman–Crippen MR) is 81.3 cm³/mol. The van der Waals surface area contributed by atoms with Gasteiger partial charge in [-0.2, -0.15) is 0 Å². The van der Waals surface area contributed by atoms with Crippen molar-refractivity contribution in [3.05, 3.63) is 33.4 Å². The summed E-state index contributed by atoms with van der Waals surface area (Å²) in [6.07, 6.45) is 0.297. The van der Waals surface area contributed by atoms with Crippen molar-refractivity contribution in [1.82, 2.24) is 4.90 Å². The average Bonchev–Trinajstić information content (AvgIpc) is 3.15. The smallest absolute Gasteiger partial charge is 0.409 e. The normalized spacial score (nSPS) is 22.9. The molecule has 0 bridgehead atoms. The lowest BCUT2D eigenvalue weighted by Crippen LogP contribution is -2.42. The van der Waals surface area contributed by atoms with E-state index >= 15 is 0 Å². The van der Waals surface area contributed by atoms with Gasteiger partial charge in [-0.05, 0) is 47.1 Å². The fraction of sp³-hybridized carbons (Fsp3) is 0.500. The first-order valence-corrected chi connectivity index (χ1v) is 7.46. The van der Waals surface area contributed by atoms with Crippen LogP contribution in [0.3, 0.4) is 0 Å². The molecule has 1 N–H and O–H groups in total. The molecule has 1 unspecified atom stereocenters. The molecule has 104 valence electrons. The van der Waals surface area contributed by atoms with E-state index in [1.807, 2.05) is 19.1 Å². The van der Waals surface area contributed by atoms with Crippen LogP contribution in [-0.4, -0.2) is 35.5 Å². The molecule has 1 aromatic carbocycles. The maximum absolute atomic E-state index is 11.4. The summed E-state index contributed by atoms with van der Waals surface area (Å²) >= 11 is 2.31. The molecular formula is C14H18INO3. The molecule has 0 aromatic heterocycles. The van der Waals surface area contributed by atoms with Gasteiger partial charge in [-0.1, -0.05) is 25.1 Å². The number of benzene rings is 1. The Hall–Kier alpha value is -0.820.